The van der Waals surface area contributed by atoms with Crippen LogP contribution in [0.25, 0.3) is 0 Å². The van der Waals surface area contributed by atoms with Crippen LogP contribution in [-0.2, 0) is 17.6 Å². The summed E-state index contributed by atoms with van der Waals surface area (Å²) in [5.41, 5.74) is 4.27. The third-order valence-electron chi connectivity index (χ3n) is 7.02. The van der Waals surface area contributed by atoms with Crippen molar-refractivity contribution in [2.75, 3.05) is 36.0 Å². The average Bonchev–Trinajstić information content (AvgIpc) is 3.30. The number of rotatable bonds is 5. The van der Waals surface area contributed by atoms with Crippen molar-refractivity contribution in [3.8, 4) is 0 Å². The summed E-state index contributed by atoms with van der Waals surface area (Å²) in [5.74, 6) is -0.394. The Labute approximate surface area is 188 Å². The van der Waals surface area contributed by atoms with E-state index in [0.717, 1.165) is 51.0 Å². The molecule has 2 saturated heterocycles. The van der Waals surface area contributed by atoms with Crippen molar-refractivity contribution in [1.82, 2.24) is 10.2 Å². The molecule has 7 heteroatoms. The van der Waals surface area contributed by atoms with Gasteiger partial charge in [-0.2, -0.15) is 0 Å². The number of nitrogens with zero attached hydrogens (tertiary/aromatic N) is 3. The fourth-order valence-corrected chi connectivity index (χ4v) is 5.36. The van der Waals surface area contributed by atoms with E-state index < -0.39 is 0 Å². The molecule has 5 rings (SSSR count). The SMILES string of the molecule is CC1Cc2ccc(N3C(=O)CNC3=O)cc2N1C1CCN(CCc2ccc(F)cc2)CC1. The third-order valence-corrected chi connectivity index (χ3v) is 7.02. The van der Waals surface area contributed by atoms with Gasteiger partial charge in [0.1, 0.15) is 5.82 Å². The summed E-state index contributed by atoms with van der Waals surface area (Å²) in [5, 5.41) is 2.60. The van der Waals surface area contributed by atoms with Crippen molar-refractivity contribution >= 4 is 23.3 Å². The zero-order valence-corrected chi connectivity index (χ0v) is 18.4. The van der Waals surface area contributed by atoms with Gasteiger partial charge in [0.25, 0.3) is 5.91 Å². The highest BCUT2D eigenvalue weighted by atomic mass is 19.1. The number of urea groups is 1. The molecular weight excluding hydrogens is 407 g/mol. The summed E-state index contributed by atoms with van der Waals surface area (Å²) in [6.07, 6.45) is 4.09. The molecule has 3 aliphatic rings. The Balaban J connectivity index is 1.24. The third kappa shape index (κ3) is 3.97. The zero-order valence-electron chi connectivity index (χ0n) is 18.4. The largest absolute Gasteiger partial charge is 0.365 e. The number of halogens is 1. The Morgan fingerprint density at radius 1 is 1.06 bits per heavy atom. The van der Waals surface area contributed by atoms with E-state index in [1.54, 1.807) is 0 Å². The summed E-state index contributed by atoms with van der Waals surface area (Å²) in [6.45, 7) is 5.38. The van der Waals surface area contributed by atoms with Crippen molar-refractivity contribution in [2.45, 2.75) is 44.7 Å². The van der Waals surface area contributed by atoms with Crippen molar-refractivity contribution in [3.05, 3.63) is 59.4 Å². The first kappa shape index (κ1) is 20.9. The van der Waals surface area contributed by atoms with E-state index in [0.29, 0.717) is 17.8 Å². The number of likely N-dealkylation sites (tertiary alicyclic amines) is 1. The van der Waals surface area contributed by atoms with Crippen LogP contribution in [0.3, 0.4) is 0 Å². The van der Waals surface area contributed by atoms with Crippen LogP contribution in [0.2, 0.25) is 0 Å². The van der Waals surface area contributed by atoms with Crippen LogP contribution in [0.5, 0.6) is 0 Å². The van der Waals surface area contributed by atoms with E-state index in [9.17, 15) is 14.0 Å². The second-order valence-electron chi connectivity index (χ2n) is 9.11. The van der Waals surface area contributed by atoms with Gasteiger partial charge in [0.15, 0.2) is 0 Å². The van der Waals surface area contributed by atoms with Crippen LogP contribution in [0.4, 0.5) is 20.6 Å². The lowest BCUT2D eigenvalue weighted by Gasteiger charge is -2.40. The second kappa shape index (κ2) is 8.54. The molecule has 2 fully saturated rings. The molecule has 1 unspecified atom stereocenters. The lowest BCUT2D eigenvalue weighted by molar-refractivity contribution is -0.115. The van der Waals surface area contributed by atoms with Gasteiger partial charge in [-0.3, -0.25) is 4.79 Å². The summed E-state index contributed by atoms with van der Waals surface area (Å²) in [4.78, 5) is 30.5. The van der Waals surface area contributed by atoms with E-state index >= 15 is 0 Å². The highest BCUT2D eigenvalue weighted by molar-refractivity contribution is 6.20. The maximum atomic E-state index is 13.1. The van der Waals surface area contributed by atoms with Crippen molar-refractivity contribution in [1.29, 1.82) is 0 Å². The number of hydrogen-bond acceptors (Lipinski definition) is 4. The minimum Gasteiger partial charge on any atom is -0.365 e. The molecule has 0 aliphatic carbocycles. The maximum Gasteiger partial charge on any atom is 0.329 e. The van der Waals surface area contributed by atoms with Gasteiger partial charge in [-0.1, -0.05) is 18.2 Å². The number of anilines is 2. The topological polar surface area (TPSA) is 55.9 Å². The van der Waals surface area contributed by atoms with Crippen LogP contribution in [0.1, 0.15) is 30.9 Å². The number of nitrogens with one attached hydrogen (secondary N) is 1. The zero-order chi connectivity index (χ0) is 22.2. The summed E-state index contributed by atoms with van der Waals surface area (Å²) in [7, 11) is 0. The molecule has 1 atom stereocenters. The Kier molecular flexibility index (Phi) is 5.59. The summed E-state index contributed by atoms with van der Waals surface area (Å²) in [6, 6.07) is 13.3. The summed E-state index contributed by atoms with van der Waals surface area (Å²) < 4.78 is 13.1. The maximum absolute atomic E-state index is 13.1. The van der Waals surface area contributed by atoms with Gasteiger partial charge in [0.2, 0.25) is 0 Å². The molecular formula is C25H29FN4O2. The molecule has 0 radical (unpaired) electrons. The molecule has 2 aromatic carbocycles. The molecule has 0 bridgehead atoms. The van der Waals surface area contributed by atoms with E-state index in [1.807, 2.05) is 24.3 Å². The monoisotopic (exact) mass is 436 g/mol. The van der Waals surface area contributed by atoms with Crippen LogP contribution in [-0.4, -0.2) is 55.1 Å². The molecule has 2 aromatic rings. The number of amides is 3. The highest BCUT2D eigenvalue weighted by Gasteiger charge is 2.36. The molecule has 32 heavy (non-hydrogen) atoms. The standard InChI is InChI=1S/C25H29FN4O2/c1-17-14-19-4-7-22(30-24(31)16-27-25(30)32)15-23(19)29(17)21-9-12-28(13-10-21)11-8-18-2-5-20(26)6-3-18/h2-7,15,17,21H,8-14,16H2,1H3,(H,27,32). The quantitative estimate of drug-likeness (QED) is 0.731. The number of carbonyl (C=O) groups is 2. The first-order valence-electron chi connectivity index (χ1n) is 11.5. The van der Waals surface area contributed by atoms with Gasteiger partial charge in [0, 0.05) is 37.4 Å². The minimum atomic E-state index is -0.345. The number of benzene rings is 2. The predicted octanol–water partition coefficient (Wildman–Crippen LogP) is 3.34. The van der Waals surface area contributed by atoms with Crippen LogP contribution in [0.15, 0.2) is 42.5 Å². The first-order valence-corrected chi connectivity index (χ1v) is 11.5. The molecule has 6 nitrogen and oxygen atoms in total. The molecule has 0 saturated carbocycles. The lowest BCUT2D eigenvalue weighted by Crippen LogP contribution is -2.47. The van der Waals surface area contributed by atoms with Gasteiger partial charge in [-0.25, -0.2) is 14.1 Å². The Bertz CT molecular complexity index is 1000. The Hall–Kier alpha value is -2.93. The minimum absolute atomic E-state index is 0.0619. The van der Waals surface area contributed by atoms with Crippen LogP contribution >= 0.6 is 0 Å². The fourth-order valence-electron chi connectivity index (χ4n) is 5.36. The second-order valence-corrected chi connectivity index (χ2v) is 9.11. The Morgan fingerprint density at radius 3 is 2.50 bits per heavy atom. The van der Waals surface area contributed by atoms with E-state index in [4.69, 9.17) is 0 Å². The van der Waals surface area contributed by atoms with Gasteiger partial charge >= 0.3 is 6.03 Å². The van der Waals surface area contributed by atoms with Crippen molar-refractivity contribution in [2.24, 2.45) is 0 Å². The van der Waals surface area contributed by atoms with Crippen LogP contribution < -0.4 is 15.1 Å². The van der Waals surface area contributed by atoms with Gasteiger partial charge in [-0.15, -0.1) is 0 Å². The number of imide groups is 1. The normalized spacial score (nSPS) is 21.9. The average molecular weight is 437 g/mol. The Morgan fingerprint density at radius 2 is 1.81 bits per heavy atom. The van der Waals surface area contributed by atoms with Gasteiger partial charge in [0.05, 0.1) is 12.2 Å². The number of piperidine rings is 1. The fraction of sp³-hybridized carbons (Fsp3) is 0.440. The first-order chi connectivity index (χ1) is 15.5. The van der Waals surface area contributed by atoms with Crippen molar-refractivity contribution in [3.63, 3.8) is 0 Å². The van der Waals surface area contributed by atoms with Gasteiger partial charge < -0.3 is 15.1 Å². The van der Waals surface area contributed by atoms with Gasteiger partial charge in [-0.05, 0) is 68.0 Å². The number of hydrogen-bond donors (Lipinski definition) is 1. The lowest BCUT2D eigenvalue weighted by atomic mass is 10.0. The summed E-state index contributed by atoms with van der Waals surface area (Å²) >= 11 is 0. The molecule has 3 aliphatic heterocycles. The molecule has 0 spiro atoms. The number of carbonyl (C=O) groups excluding carboxylic acids is 2. The molecule has 1 N–H and O–H groups in total. The highest BCUT2D eigenvalue weighted by Crippen LogP contribution is 2.39. The van der Waals surface area contributed by atoms with Crippen molar-refractivity contribution < 1.29 is 14.0 Å². The number of fused-ring (bicyclic) bond motifs is 1. The van der Waals surface area contributed by atoms with Crippen LogP contribution in [0, 0.1) is 5.82 Å². The molecule has 3 amide bonds. The van der Waals surface area contributed by atoms with E-state index in [1.165, 1.54) is 28.2 Å². The predicted molar refractivity (Wildman–Crippen MR) is 123 cm³/mol. The molecule has 168 valence electrons. The smallest absolute Gasteiger partial charge is 0.329 e. The molecule has 0 aromatic heterocycles. The van der Waals surface area contributed by atoms with E-state index in [-0.39, 0.29) is 24.3 Å². The molecule has 3 heterocycles. The van der Waals surface area contributed by atoms with E-state index in [2.05, 4.69) is 28.1 Å².